The molecular weight excluding hydrogens is 256 g/mol. The van der Waals surface area contributed by atoms with Crippen LogP contribution in [-0.2, 0) is 0 Å². The lowest BCUT2D eigenvalue weighted by molar-refractivity contribution is 0.0698. The predicted octanol–water partition coefficient (Wildman–Crippen LogP) is 2.65. The zero-order valence-corrected chi connectivity index (χ0v) is 11.2. The van der Waals surface area contributed by atoms with Gasteiger partial charge in [-0.25, -0.2) is 9.59 Å². The molecule has 5 nitrogen and oxygen atoms in total. The standard InChI is InChI=1S/C15H18N2O3/c18-14(19)12-6-1-2-7-13(12)16-15(20)17-8-10-4-3-5-11(10)9-17/h1-2,6-7,10-11H,3-5,8-9H2,(H,16,20)(H,18,19)/t10-,11+. The Morgan fingerprint density at radius 3 is 2.45 bits per heavy atom. The van der Waals surface area contributed by atoms with E-state index in [0.717, 1.165) is 13.1 Å². The topological polar surface area (TPSA) is 69.6 Å². The number of hydrogen-bond acceptors (Lipinski definition) is 2. The van der Waals surface area contributed by atoms with Gasteiger partial charge in [0, 0.05) is 13.1 Å². The molecule has 1 aliphatic carbocycles. The second kappa shape index (κ2) is 5.15. The number of benzene rings is 1. The molecule has 1 saturated carbocycles. The van der Waals surface area contributed by atoms with Gasteiger partial charge >= 0.3 is 12.0 Å². The molecule has 0 bridgehead atoms. The highest BCUT2D eigenvalue weighted by molar-refractivity contribution is 6.00. The quantitative estimate of drug-likeness (QED) is 0.871. The number of carboxylic acids is 1. The van der Waals surface area contributed by atoms with Crippen LogP contribution >= 0.6 is 0 Å². The Morgan fingerprint density at radius 1 is 1.15 bits per heavy atom. The van der Waals surface area contributed by atoms with Gasteiger partial charge in [-0.3, -0.25) is 0 Å². The number of amides is 2. The SMILES string of the molecule is O=C(O)c1ccccc1NC(=O)N1C[C@H]2CCC[C@H]2C1. The highest BCUT2D eigenvalue weighted by Gasteiger charge is 2.38. The predicted molar refractivity (Wildman–Crippen MR) is 74.8 cm³/mol. The maximum Gasteiger partial charge on any atom is 0.337 e. The van der Waals surface area contributed by atoms with Crippen molar-refractivity contribution in [3.05, 3.63) is 29.8 Å². The Balaban J connectivity index is 1.69. The van der Waals surface area contributed by atoms with Crippen LogP contribution in [0.4, 0.5) is 10.5 Å². The van der Waals surface area contributed by atoms with Crippen LogP contribution in [0.2, 0.25) is 0 Å². The highest BCUT2D eigenvalue weighted by atomic mass is 16.4. The van der Waals surface area contributed by atoms with Crippen molar-refractivity contribution in [2.45, 2.75) is 19.3 Å². The van der Waals surface area contributed by atoms with Gasteiger partial charge in [0.15, 0.2) is 0 Å². The van der Waals surface area contributed by atoms with Crippen molar-refractivity contribution < 1.29 is 14.7 Å². The molecule has 1 heterocycles. The van der Waals surface area contributed by atoms with Gasteiger partial charge in [0.25, 0.3) is 0 Å². The molecule has 2 fully saturated rings. The average Bonchev–Trinajstić information content (AvgIpc) is 2.99. The van der Waals surface area contributed by atoms with E-state index in [2.05, 4.69) is 5.32 Å². The summed E-state index contributed by atoms with van der Waals surface area (Å²) in [5, 5.41) is 11.8. The summed E-state index contributed by atoms with van der Waals surface area (Å²) in [5.41, 5.74) is 0.488. The summed E-state index contributed by atoms with van der Waals surface area (Å²) < 4.78 is 0. The number of nitrogens with one attached hydrogen (secondary N) is 1. The third-order valence-corrected chi connectivity index (χ3v) is 4.41. The number of para-hydroxylation sites is 1. The average molecular weight is 274 g/mol. The summed E-state index contributed by atoms with van der Waals surface area (Å²) in [7, 11) is 0. The normalized spacial score (nSPS) is 24.5. The largest absolute Gasteiger partial charge is 0.478 e. The lowest BCUT2D eigenvalue weighted by Crippen LogP contribution is -2.34. The minimum Gasteiger partial charge on any atom is -0.478 e. The smallest absolute Gasteiger partial charge is 0.337 e. The number of aromatic carboxylic acids is 1. The third kappa shape index (κ3) is 2.35. The molecule has 2 aliphatic rings. The molecule has 0 unspecified atom stereocenters. The molecule has 5 heteroatoms. The molecule has 1 aliphatic heterocycles. The Morgan fingerprint density at radius 2 is 1.80 bits per heavy atom. The fraction of sp³-hybridized carbons (Fsp3) is 0.467. The molecule has 2 N–H and O–H groups in total. The van der Waals surface area contributed by atoms with E-state index < -0.39 is 5.97 Å². The van der Waals surface area contributed by atoms with Crippen LogP contribution in [0.25, 0.3) is 0 Å². The van der Waals surface area contributed by atoms with E-state index in [1.54, 1.807) is 18.2 Å². The summed E-state index contributed by atoms with van der Waals surface area (Å²) >= 11 is 0. The fourth-order valence-corrected chi connectivity index (χ4v) is 3.37. The Kier molecular flexibility index (Phi) is 3.34. The van der Waals surface area contributed by atoms with Gasteiger partial charge in [-0.15, -0.1) is 0 Å². The fourth-order valence-electron chi connectivity index (χ4n) is 3.37. The van der Waals surface area contributed by atoms with Crippen molar-refractivity contribution in [3.8, 4) is 0 Å². The number of anilines is 1. The number of urea groups is 1. The number of fused-ring (bicyclic) bond motifs is 1. The van der Waals surface area contributed by atoms with E-state index in [1.165, 1.54) is 25.3 Å². The van der Waals surface area contributed by atoms with Crippen LogP contribution < -0.4 is 5.32 Å². The lowest BCUT2D eigenvalue weighted by Gasteiger charge is -2.18. The molecule has 3 rings (SSSR count). The van der Waals surface area contributed by atoms with Crippen LogP contribution in [-0.4, -0.2) is 35.1 Å². The number of rotatable bonds is 2. The first-order valence-corrected chi connectivity index (χ1v) is 7.03. The van der Waals surface area contributed by atoms with Crippen LogP contribution in [0.1, 0.15) is 29.6 Å². The van der Waals surface area contributed by atoms with Crippen molar-refractivity contribution in [1.29, 1.82) is 0 Å². The zero-order chi connectivity index (χ0) is 14.1. The first kappa shape index (κ1) is 13.0. The van der Waals surface area contributed by atoms with Gasteiger partial charge in [0.1, 0.15) is 0 Å². The second-order valence-corrected chi connectivity index (χ2v) is 5.64. The maximum atomic E-state index is 12.2. The lowest BCUT2D eigenvalue weighted by atomic mass is 10.0. The molecule has 106 valence electrons. The molecule has 1 aromatic rings. The van der Waals surface area contributed by atoms with E-state index >= 15 is 0 Å². The molecule has 2 amide bonds. The summed E-state index contributed by atoms with van der Waals surface area (Å²) in [6, 6.07) is 6.31. The molecular formula is C15H18N2O3. The Hall–Kier alpha value is -2.04. The molecule has 2 atom stereocenters. The molecule has 0 aromatic heterocycles. The van der Waals surface area contributed by atoms with Crippen molar-refractivity contribution in [2.24, 2.45) is 11.8 Å². The molecule has 1 saturated heterocycles. The van der Waals surface area contributed by atoms with E-state index in [-0.39, 0.29) is 11.6 Å². The van der Waals surface area contributed by atoms with Gasteiger partial charge in [-0.2, -0.15) is 0 Å². The molecule has 20 heavy (non-hydrogen) atoms. The summed E-state index contributed by atoms with van der Waals surface area (Å²) in [4.78, 5) is 25.2. The second-order valence-electron chi connectivity index (χ2n) is 5.64. The van der Waals surface area contributed by atoms with Gasteiger partial charge < -0.3 is 15.3 Å². The number of likely N-dealkylation sites (tertiary alicyclic amines) is 1. The van der Waals surface area contributed by atoms with Gasteiger partial charge in [-0.05, 0) is 36.8 Å². The summed E-state index contributed by atoms with van der Waals surface area (Å²) in [5.74, 6) is 0.241. The first-order chi connectivity index (χ1) is 9.65. The minimum atomic E-state index is -1.03. The van der Waals surface area contributed by atoms with Crippen LogP contribution in [0.3, 0.4) is 0 Å². The van der Waals surface area contributed by atoms with Gasteiger partial charge in [0.2, 0.25) is 0 Å². The van der Waals surface area contributed by atoms with Crippen LogP contribution in [0.5, 0.6) is 0 Å². The number of carbonyl (C=O) groups is 2. The van der Waals surface area contributed by atoms with Crippen molar-refractivity contribution in [1.82, 2.24) is 4.90 Å². The van der Waals surface area contributed by atoms with E-state index in [0.29, 0.717) is 17.5 Å². The Bertz CT molecular complexity index is 532. The Labute approximate surface area is 117 Å². The van der Waals surface area contributed by atoms with Gasteiger partial charge in [0.05, 0.1) is 11.3 Å². The minimum absolute atomic E-state index is 0.125. The third-order valence-electron chi connectivity index (χ3n) is 4.41. The molecule has 0 spiro atoms. The van der Waals surface area contributed by atoms with E-state index in [9.17, 15) is 9.59 Å². The van der Waals surface area contributed by atoms with E-state index in [1.807, 2.05) is 4.90 Å². The summed E-state index contributed by atoms with van der Waals surface area (Å²) in [6.07, 6.45) is 3.69. The number of carboxylic acid groups (broad SMARTS) is 1. The monoisotopic (exact) mass is 274 g/mol. The van der Waals surface area contributed by atoms with Crippen LogP contribution in [0, 0.1) is 11.8 Å². The maximum absolute atomic E-state index is 12.2. The number of hydrogen-bond donors (Lipinski definition) is 2. The highest BCUT2D eigenvalue weighted by Crippen LogP contribution is 2.37. The molecule has 0 radical (unpaired) electrons. The van der Waals surface area contributed by atoms with Gasteiger partial charge in [-0.1, -0.05) is 18.6 Å². The zero-order valence-electron chi connectivity index (χ0n) is 11.2. The first-order valence-electron chi connectivity index (χ1n) is 7.03. The van der Waals surface area contributed by atoms with Crippen molar-refractivity contribution in [3.63, 3.8) is 0 Å². The number of nitrogens with zero attached hydrogens (tertiary/aromatic N) is 1. The molecule has 1 aromatic carbocycles. The number of carbonyl (C=O) groups excluding carboxylic acids is 1. The van der Waals surface area contributed by atoms with E-state index in [4.69, 9.17) is 5.11 Å². The van der Waals surface area contributed by atoms with Crippen LogP contribution in [0.15, 0.2) is 24.3 Å². The van der Waals surface area contributed by atoms with Crippen molar-refractivity contribution in [2.75, 3.05) is 18.4 Å². The summed E-state index contributed by atoms with van der Waals surface area (Å²) in [6.45, 7) is 1.59. The van der Waals surface area contributed by atoms with Crippen molar-refractivity contribution >= 4 is 17.7 Å².